The summed E-state index contributed by atoms with van der Waals surface area (Å²) in [6.45, 7) is 3.74. The van der Waals surface area contributed by atoms with E-state index in [0.29, 0.717) is 25.9 Å². The summed E-state index contributed by atoms with van der Waals surface area (Å²) in [5.41, 5.74) is -0.596. The van der Waals surface area contributed by atoms with E-state index in [0.717, 1.165) is 19.5 Å². The van der Waals surface area contributed by atoms with Gasteiger partial charge in [0.15, 0.2) is 0 Å². The van der Waals surface area contributed by atoms with Crippen molar-refractivity contribution in [3.05, 3.63) is 0 Å². The first-order valence-corrected chi connectivity index (χ1v) is 6.79. The number of nitrogens with one attached hydrogen (secondary N) is 2. The van der Waals surface area contributed by atoms with Gasteiger partial charge in [-0.1, -0.05) is 13.3 Å². The number of carboxylic acids is 1. The van der Waals surface area contributed by atoms with E-state index in [2.05, 4.69) is 10.6 Å². The van der Waals surface area contributed by atoms with E-state index in [9.17, 15) is 9.59 Å². The van der Waals surface area contributed by atoms with Crippen molar-refractivity contribution in [1.29, 1.82) is 0 Å². The van der Waals surface area contributed by atoms with Crippen molar-refractivity contribution in [2.24, 2.45) is 5.41 Å². The zero-order chi connectivity index (χ0) is 14.3. The maximum Gasteiger partial charge on any atom is 0.326 e. The molecule has 1 aliphatic heterocycles. The monoisotopic (exact) mass is 272 g/mol. The van der Waals surface area contributed by atoms with Gasteiger partial charge in [0.2, 0.25) is 5.91 Å². The predicted octanol–water partition coefficient (Wildman–Crippen LogP) is 0.372. The van der Waals surface area contributed by atoms with Crippen molar-refractivity contribution >= 4 is 11.9 Å². The Bertz CT molecular complexity index is 308. The fourth-order valence-electron chi connectivity index (χ4n) is 2.48. The third-order valence-electron chi connectivity index (χ3n) is 3.64. The smallest absolute Gasteiger partial charge is 0.326 e. The Morgan fingerprint density at radius 2 is 2.05 bits per heavy atom. The Balaban J connectivity index is 2.73. The Hall–Kier alpha value is -1.14. The van der Waals surface area contributed by atoms with Crippen LogP contribution in [0.1, 0.15) is 32.6 Å². The highest BCUT2D eigenvalue weighted by Gasteiger charge is 2.40. The normalized spacial score (nSPS) is 19.7. The third-order valence-corrected chi connectivity index (χ3v) is 3.64. The molecular weight excluding hydrogens is 248 g/mol. The van der Waals surface area contributed by atoms with Crippen LogP contribution in [0.15, 0.2) is 0 Å². The molecule has 6 nitrogen and oxygen atoms in total. The number of methoxy groups -OCH3 is 1. The van der Waals surface area contributed by atoms with Gasteiger partial charge in [0.1, 0.15) is 6.04 Å². The van der Waals surface area contributed by atoms with Gasteiger partial charge in [-0.3, -0.25) is 4.79 Å². The molecule has 6 heteroatoms. The van der Waals surface area contributed by atoms with Crippen molar-refractivity contribution in [1.82, 2.24) is 10.6 Å². The first kappa shape index (κ1) is 15.9. The molecule has 0 bridgehead atoms. The molecule has 1 aliphatic rings. The molecule has 1 saturated heterocycles. The molecule has 19 heavy (non-hydrogen) atoms. The highest BCUT2D eigenvalue weighted by atomic mass is 16.5. The second-order valence-corrected chi connectivity index (χ2v) is 5.12. The average Bonchev–Trinajstić information content (AvgIpc) is 2.39. The summed E-state index contributed by atoms with van der Waals surface area (Å²) >= 11 is 0. The molecule has 1 amide bonds. The lowest BCUT2D eigenvalue weighted by Gasteiger charge is -2.36. The molecule has 1 rings (SSSR count). The van der Waals surface area contributed by atoms with E-state index >= 15 is 0 Å². The molecule has 110 valence electrons. The van der Waals surface area contributed by atoms with Crippen LogP contribution < -0.4 is 10.6 Å². The number of carbonyl (C=O) groups is 2. The van der Waals surface area contributed by atoms with E-state index in [4.69, 9.17) is 9.84 Å². The number of hydrogen-bond donors (Lipinski definition) is 3. The molecular formula is C13H24N2O4. The SMILES string of the molecule is CCC[C@H](NC(=O)C1(COC)CCNCC1)C(=O)O. The summed E-state index contributed by atoms with van der Waals surface area (Å²) in [4.78, 5) is 23.5. The highest BCUT2D eigenvalue weighted by Crippen LogP contribution is 2.29. The van der Waals surface area contributed by atoms with Gasteiger partial charge in [-0.25, -0.2) is 4.79 Å². The molecule has 0 unspecified atom stereocenters. The van der Waals surface area contributed by atoms with Crippen LogP contribution in [0, 0.1) is 5.41 Å². The summed E-state index contributed by atoms with van der Waals surface area (Å²) in [5.74, 6) is -1.17. The second kappa shape index (κ2) is 7.45. The van der Waals surface area contributed by atoms with Crippen molar-refractivity contribution in [3.8, 4) is 0 Å². The molecule has 0 aromatic carbocycles. The number of carbonyl (C=O) groups excluding carboxylic acids is 1. The third kappa shape index (κ3) is 4.18. The second-order valence-electron chi connectivity index (χ2n) is 5.12. The minimum absolute atomic E-state index is 0.197. The summed E-state index contributed by atoms with van der Waals surface area (Å²) in [5, 5.41) is 15.0. The maximum atomic E-state index is 12.4. The minimum atomic E-state index is -0.975. The quantitative estimate of drug-likeness (QED) is 0.623. The zero-order valence-electron chi connectivity index (χ0n) is 11.7. The van der Waals surface area contributed by atoms with Crippen LogP contribution in [0.2, 0.25) is 0 Å². The number of rotatable bonds is 7. The first-order valence-electron chi connectivity index (χ1n) is 6.79. The van der Waals surface area contributed by atoms with Gasteiger partial charge in [0.05, 0.1) is 12.0 Å². The molecule has 1 heterocycles. The van der Waals surface area contributed by atoms with Gasteiger partial charge in [0.25, 0.3) is 0 Å². The molecule has 0 aliphatic carbocycles. The molecule has 0 saturated carbocycles. The average molecular weight is 272 g/mol. The van der Waals surface area contributed by atoms with Crippen LogP contribution in [0.4, 0.5) is 0 Å². The number of aliphatic carboxylic acids is 1. The van der Waals surface area contributed by atoms with Crippen LogP contribution in [0.3, 0.4) is 0 Å². The standard InChI is InChI=1S/C13H24N2O4/c1-3-4-10(11(16)17)15-12(18)13(9-19-2)5-7-14-8-6-13/h10,14H,3-9H2,1-2H3,(H,15,18)(H,16,17)/t10-/m0/s1. The Labute approximate surface area is 113 Å². The van der Waals surface area contributed by atoms with E-state index in [1.165, 1.54) is 0 Å². The predicted molar refractivity (Wildman–Crippen MR) is 70.9 cm³/mol. The van der Waals surface area contributed by atoms with Crippen LogP contribution in [0.5, 0.6) is 0 Å². The van der Waals surface area contributed by atoms with Gasteiger partial charge >= 0.3 is 5.97 Å². The van der Waals surface area contributed by atoms with Gasteiger partial charge < -0.3 is 20.5 Å². The molecule has 0 aromatic rings. The van der Waals surface area contributed by atoms with Crippen LogP contribution >= 0.6 is 0 Å². The minimum Gasteiger partial charge on any atom is -0.480 e. The van der Waals surface area contributed by atoms with Crippen LogP contribution in [0.25, 0.3) is 0 Å². The van der Waals surface area contributed by atoms with Crippen molar-refractivity contribution in [2.45, 2.75) is 38.6 Å². The van der Waals surface area contributed by atoms with Gasteiger partial charge in [-0.05, 0) is 32.4 Å². The highest BCUT2D eigenvalue weighted by molar-refractivity contribution is 5.87. The topological polar surface area (TPSA) is 87.7 Å². The molecule has 1 atom stereocenters. The van der Waals surface area contributed by atoms with Crippen LogP contribution in [-0.4, -0.2) is 49.8 Å². The fraction of sp³-hybridized carbons (Fsp3) is 0.846. The van der Waals surface area contributed by atoms with E-state index in [1.807, 2.05) is 6.92 Å². The van der Waals surface area contributed by atoms with E-state index < -0.39 is 17.4 Å². The van der Waals surface area contributed by atoms with Crippen molar-refractivity contribution < 1.29 is 19.4 Å². The molecule has 0 spiro atoms. The molecule has 0 radical (unpaired) electrons. The number of amides is 1. The number of hydrogen-bond acceptors (Lipinski definition) is 4. The summed E-state index contributed by atoms with van der Waals surface area (Å²) < 4.78 is 5.17. The fourth-order valence-corrected chi connectivity index (χ4v) is 2.48. The Morgan fingerprint density at radius 1 is 1.42 bits per heavy atom. The van der Waals surface area contributed by atoms with Crippen LogP contribution in [-0.2, 0) is 14.3 Å². The van der Waals surface area contributed by atoms with Gasteiger partial charge in [0, 0.05) is 7.11 Å². The molecule has 1 fully saturated rings. The van der Waals surface area contributed by atoms with E-state index in [-0.39, 0.29) is 5.91 Å². The Kier molecular flexibility index (Phi) is 6.24. The Morgan fingerprint density at radius 3 is 2.53 bits per heavy atom. The number of carboxylic acid groups (broad SMARTS) is 1. The zero-order valence-corrected chi connectivity index (χ0v) is 11.7. The summed E-state index contributed by atoms with van der Waals surface area (Å²) in [6.07, 6.45) is 2.51. The molecule has 0 aromatic heterocycles. The lowest BCUT2D eigenvalue weighted by molar-refractivity contribution is -0.146. The van der Waals surface area contributed by atoms with Gasteiger partial charge in [-0.15, -0.1) is 0 Å². The number of ether oxygens (including phenoxy) is 1. The van der Waals surface area contributed by atoms with Crippen molar-refractivity contribution in [3.63, 3.8) is 0 Å². The largest absolute Gasteiger partial charge is 0.480 e. The lowest BCUT2D eigenvalue weighted by Crippen LogP contribution is -2.53. The summed E-state index contributed by atoms with van der Waals surface area (Å²) in [6, 6.07) is -0.805. The van der Waals surface area contributed by atoms with E-state index in [1.54, 1.807) is 7.11 Å². The molecule has 3 N–H and O–H groups in total. The lowest BCUT2D eigenvalue weighted by atomic mass is 9.78. The number of piperidine rings is 1. The maximum absolute atomic E-state index is 12.4. The first-order chi connectivity index (χ1) is 9.05. The van der Waals surface area contributed by atoms with Crippen molar-refractivity contribution in [2.75, 3.05) is 26.8 Å². The van der Waals surface area contributed by atoms with Gasteiger partial charge in [-0.2, -0.15) is 0 Å². The summed E-state index contributed by atoms with van der Waals surface area (Å²) in [7, 11) is 1.57.